The summed E-state index contributed by atoms with van der Waals surface area (Å²) in [5, 5.41) is 8.01. The van der Waals surface area contributed by atoms with Crippen LogP contribution in [0.25, 0.3) is 0 Å². The number of carbonyl (C=O) groups excluding carboxylic acids is 3. The Balaban J connectivity index is 2.64. The molecule has 0 aliphatic heterocycles. The lowest BCUT2D eigenvalue weighted by atomic mass is 10.0. The second-order valence-corrected chi connectivity index (χ2v) is 6.19. The third-order valence-electron chi connectivity index (χ3n) is 3.69. The van der Waals surface area contributed by atoms with Crippen LogP contribution in [0.15, 0.2) is 24.3 Å². The number of nitrogens with one attached hydrogen (secondary N) is 3. The molecule has 7 heteroatoms. The molecule has 0 radical (unpaired) electrons. The van der Waals surface area contributed by atoms with Gasteiger partial charge in [0.2, 0.25) is 19.7 Å². The van der Waals surface area contributed by atoms with Crippen molar-refractivity contribution in [1.82, 2.24) is 10.6 Å². The maximum Gasteiger partial charge on any atom is 0.246 e. The van der Waals surface area contributed by atoms with E-state index in [4.69, 9.17) is 0 Å². The highest BCUT2D eigenvalue weighted by atomic mass is 16.2. The summed E-state index contributed by atoms with van der Waals surface area (Å²) in [5.41, 5.74) is 1.87. The fourth-order valence-electron chi connectivity index (χ4n) is 2.20. The van der Waals surface area contributed by atoms with E-state index in [0.29, 0.717) is 5.69 Å². The molecule has 24 heavy (non-hydrogen) atoms. The first kappa shape index (κ1) is 19.7. The summed E-state index contributed by atoms with van der Waals surface area (Å²) in [4.78, 5) is 35.7. The van der Waals surface area contributed by atoms with Gasteiger partial charge in [0.05, 0.1) is 0 Å². The number of amides is 3. The van der Waals surface area contributed by atoms with Gasteiger partial charge >= 0.3 is 0 Å². The normalized spacial score (nSPS) is 13.0. The summed E-state index contributed by atoms with van der Waals surface area (Å²) in [6.07, 6.45) is 0.931. The Labute approximate surface area is 144 Å². The Kier molecular flexibility index (Phi) is 7.49. The molecular weight excluding hydrogens is 305 g/mol. The predicted molar refractivity (Wildman–Crippen MR) is 97.8 cm³/mol. The largest absolute Gasteiger partial charge is 0.353 e. The van der Waals surface area contributed by atoms with Crippen LogP contribution in [0.4, 0.5) is 10.5 Å². The minimum atomic E-state index is -0.710. The van der Waals surface area contributed by atoms with Crippen molar-refractivity contribution in [3.63, 3.8) is 0 Å². The van der Waals surface area contributed by atoms with Gasteiger partial charge in [0.25, 0.3) is 0 Å². The van der Waals surface area contributed by atoms with Gasteiger partial charge in [0.1, 0.15) is 12.1 Å². The van der Waals surface area contributed by atoms with E-state index in [2.05, 4.69) is 22.9 Å². The second kappa shape index (κ2) is 9.10. The Morgan fingerprint density at radius 1 is 1.00 bits per heavy atom. The fraction of sp³-hybridized carbons (Fsp3) is 0.471. The van der Waals surface area contributed by atoms with Gasteiger partial charge in [-0.25, -0.2) is 0 Å². The molecule has 2 atom stereocenters. The molecule has 0 saturated heterocycles. The van der Waals surface area contributed by atoms with E-state index in [1.165, 1.54) is 13.4 Å². The molecule has 1 aromatic carbocycles. The summed E-state index contributed by atoms with van der Waals surface area (Å²) in [7, 11) is 1.36. The molecule has 1 unspecified atom stereocenters. The molecule has 1 rings (SSSR count). The van der Waals surface area contributed by atoms with Crippen LogP contribution in [0, 0.1) is 5.92 Å². The lowest BCUT2D eigenvalue weighted by Gasteiger charge is -2.23. The summed E-state index contributed by atoms with van der Waals surface area (Å²) >= 11 is 0. The van der Waals surface area contributed by atoms with Crippen molar-refractivity contribution in [2.45, 2.75) is 46.2 Å². The van der Waals surface area contributed by atoms with E-state index < -0.39 is 12.1 Å². The van der Waals surface area contributed by atoms with Gasteiger partial charge in [0.15, 0.2) is 5.81 Å². The Morgan fingerprint density at radius 3 is 2.04 bits per heavy atom. The molecule has 6 nitrogen and oxygen atoms in total. The molecule has 0 aromatic heterocycles. The number of hydrogen-bond acceptors (Lipinski definition) is 3. The first-order valence-corrected chi connectivity index (χ1v) is 8.21. The van der Waals surface area contributed by atoms with Crippen LogP contribution < -0.4 is 16.0 Å². The zero-order valence-corrected chi connectivity index (χ0v) is 15.0. The number of anilines is 1. The van der Waals surface area contributed by atoms with Crippen LogP contribution in [0.2, 0.25) is 0 Å². The van der Waals surface area contributed by atoms with Crippen molar-refractivity contribution >= 4 is 31.2 Å². The molecule has 0 aliphatic rings. The van der Waals surface area contributed by atoms with E-state index in [-0.39, 0.29) is 23.5 Å². The van der Waals surface area contributed by atoms with Crippen molar-refractivity contribution in [2.75, 3.05) is 5.32 Å². The summed E-state index contributed by atoms with van der Waals surface area (Å²) in [5.74, 6) is -1.04. The fourth-order valence-corrected chi connectivity index (χ4v) is 2.20. The molecule has 0 bridgehead atoms. The highest BCUT2D eigenvalue weighted by Crippen LogP contribution is 2.10. The zero-order valence-electron chi connectivity index (χ0n) is 15.0. The number of aryl methyl sites for hydroxylation is 1. The Morgan fingerprint density at radius 2 is 1.58 bits per heavy atom. The molecule has 130 valence electrons. The van der Waals surface area contributed by atoms with Crippen LogP contribution in [0.3, 0.4) is 0 Å². The van der Waals surface area contributed by atoms with Gasteiger partial charge in [-0.1, -0.05) is 32.9 Å². The summed E-state index contributed by atoms with van der Waals surface area (Å²) in [6, 6.07) is 6.19. The van der Waals surface area contributed by atoms with E-state index in [1.54, 1.807) is 6.92 Å². The SMILES string of the molecule is BC(=O)NC(C(=O)N[C@@H](C)C(=O)Nc1ccc(CC)cc1)C(C)C. The van der Waals surface area contributed by atoms with Crippen molar-refractivity contribution in [3.8, 4) is 0 Å². The van der Waals surface area contributed by atoms with E-state index in [0.717, 1.165) is 6.42 Å². The average molecular weight is 331 g/mol. The van der Waals surface area contributed by atoms with Gasteiger partial charge in [-0.05, 0) is 37.0 Å². The van der Waals surface area contributed by atoms with Crippen molar-refractivity contribution < 1.29 is 14.4 Å². The standard InChI is InChI=1S/C17H26BN3O3/c1-5-12-6-8-13(9-7-12)20-15(22)11(4)19-16(23)14(10(2)3)21-17(18)24/h6-11,14H,5,18H2,1-4H3,(H,19,23)(H,20,22)(H,21,24)/t11-,14?/m0/s1. The molecule has 0 saturated carbocycles. The van der Waals surface area contributed by atoms with E-state index >= 15 is 0 Å². The lowest BCUT2D eigenvalue weighted by molar-refractivity contribution is -0.128. The molecule has 0 heterocycles. The predicted octanol–water partition coefficient (Wildman–Crippen LogP) is 1.06. The molecule has 3 N–H and O–H groups in total. The van der Waals surface area contributed by atoms with Crippen molar-refractivity contribution in [2.24, 2.45) is 5.92 Å². The monoisotopic (exact) mass is 331 g/mol. The quantitative estimate of drug-likeness (QED) is 0.653. The molecule has 0 aliphatic carbocycles. The van der Waals surface area contributed by atoms with Crippen LogP contribution >= 0.6 is 0 Å². The van der Waals surface area contributed by atoms with Crippen LogP contribution in [-0.2, 0) is 16.0 Å². The van der Waals surface area contributed by atoms with Crippen molar-refractivity contribution in [1.29, 1.82) is 0 Å². The number of hydrogen-bond donors (Lipinski definition) is 3. The van der Waals surface area contributed by atoms with Crippen LogP contribution in [0.5, 0.6) is 0 Å². The van der Waals surface area contributed by atoms with Crippen LogP contribution in [0.1, 0.15) is 33.3 Å². The molecule has 0 spiro atoms. The maximum absolute atomic E-state index is 12.3. The minimum Gasteiger partial charge on any atom is -0.353 e. The minimum absolute atomic E-state index is 0.0780. The van der Waals surface area contributed by atoms with Crippen molar-refractivity contribution in [3.05, 3.63) is 29.8 Å². The maximum atomic E-state index is 12.3. The third kappa shape index (κ3) is 6.06. The van der Waals surface area contributed by atoms with E-state index in [1.807, 2.05) is 38.1 Å². The topological polar surface area (TPSA) is 87.3 Å². The molecule has 3 amide bonds. The Hall–Kier alpha value is -2.31. The summed E-state index contributed by atoms with van der Waals surface area (Å²) in [6.45, 7) is 7.34. The second-order valence-electron chi connectivity index (χ2n) is 6.19. The average Bonchev–Trinajstić information content (AvgIpc) is 2.52. The number of benzene rings is 1. The Bertz CT molecular complexity index is 587. The molecule has 0 fully saturated rings. The van der Waals surface area contributed by atoms with E-state index in [9.17, 15) is 14.4 Å². The lowest BCUT2D eigenvalue weighted by Crippen LogP contribution is -2.53. The molecular formula is C17H26BN3O3. The van der Waals surface area contributed by atoms with Gasteiger partial charge in [-0.2, -0.15) is 0 Å². The number of rotatable bonds is 7. The number of carbonyl (C=O) groups is 3. The molecule has 1 aromatic rings. The van der Waals surface area contributed by atoms with Gasteiger partial charge in [-0.3, -0.25) is 14.4 Å². The summed E-state index contributed by atoms with van der Waals surface area (Å²) < 4.78 is 0. The van der Waals surface area contributed by atoms with Gasteiger partial charge in [-0.15, -0.1) is 0 Å². The first-order valence-electron chi connectivity index (χ1n) is 8.21. The smallest absolute Gasteiger partial charge is 0.246 e. The first-order chi connectivity index (χ1) is 11.2. The highest BCUT2D eigenvalue weighted by Gasteiger charge is 2.25. The van der Waals surface area contributed by atoms with Gasteiger partial charge < -0.3 is 16.0 Å². The highest BCUT2D eigenvalue weighted by molar-refractivity contribution is 6.57. The third-order valence-corrected chi connectivity index (χ3v) is 3.69. The van der Waals surface area contributed by atoms with Crippen LogP contribution in [-0.4, -0.2) is 37.6 Å². The van der Waals surface area contributed by atoms with Gasteiger partial charge in [0, 0.05) is 5.69 Å². The zero-order chi connectivity index (χ0) is 18.3.